The fourth-order valence-corrected chi connectivity index (χ4v) is 3.59. The number of thiophene rings is 1. The molecule has 1 unspecified atom stereocenters. The summed E-state index contributed by atoms with van der Waals surface area (Å²) in [5.41, 5.74) is -0.0534. The van der Waals surface area contributed by atoms with Crippen LogP contribution in [0.3, 0.4) is 0 Å². The van der Waals surface area contributed by atoms with Crippen molar-refractivity contribution < 1.29 is 4.74 Å². The molecule has 2 N–H and O–H groups in total. The fraction of sp³-hybridized carbons (Fsp3) is 0.643. The normalized spacial score (nSPS) is 23.1. The molecule has 1 saturated heterocycles. The molecule has 0 amide bonds. The molecule has 0 aromatic carbocycles. The molecule has 20 heavy (non-hydrogen) atoms. The van der Waals surface area contributed by atoms with Crippen molar-refractivity contribution >= 4 is 33.2 Å². The van der Waals surface area contributed by atoms with E-state index in [1.807, 2.05) is 0 Å². The third-order valence-corrected chi connectivity index (χ3v) is 4.90. The van der Waals surface area contributed by atoms with Crippen LogP contribution in [0.15, 0.2) is 20.9 Å². The molecule has 1 fully saturated rings. The summed E-state index contributed by atoms with van der Waals surface area (Å²) >= 11 is 5.19. The van der Waals surface area contributed by atoms with Crippen molar-refractivity contribution in [3.8, 4) is 0 Å². The highest BCUT2D eigenvalue weighted by Crippen LogP contribution is 2.24. The lowest BCUT2D eigenvalue weighted by atomic mass is 10.0. The fourth-order valence-electron chi connectivity index (χ4n) is 2.18. The molecule has 1 aliphatic rings. The first-order valence-electron chi connectivity index (χ1n) is 7.02. The standard InChI is InChI=1S/C14H22BrN3OS/c1-3-16-13(17-9-11-5-6-12(15)20-11)18-10-14(2)7-4-8-19-14/h5-6H,3-4,7-10H2,1-2H3,(H2,16,17,18). The molecule has 6 heteroatoms. The van der Waals surface area contributed by atoms with Gasteiger partial charge in [-0.3, -0.25) is 0 Å². The van der Waals surface area contributed by atoms with Gasteiger partial charge in [-0.1, -0.05) is 0 Å². The molecule has 0 radical (unpaired) electrons. The topological polar surface area (TPSA) is 45.7 Å². The van der Waals surface area contributed by atoms with Gasteiger partial charge in [0, 0.05) is 24.6 Å². The van der Waals surface area contributed by atoms with Gasteiger partial charge in [-0.2, -0.15) is 0 Å². The number of hydrogen-bond donors (Lipinski definition) is 2. The first-order valence-corrected chi connectivity index (χ1v) is 8.62. The lowest BCUT2D eigenvalue weighted by molar-refractivity contribution is 0.0243. The number of nitrogens with zero attached hydrogens (tertiary/aromatic N) is 1. The van der Waals surface area contributed by atoms with Crippen LogP contribution in [-0.4, -0.2) is 31.3 Å². The van der Waals surface area contributed by atoms with Crippen molar-refractivity contribution in [1.29, 1.82) is 0 Å². The Labute approximate surface area is 133 Å². The van der Waals surface area contributed by atoms with Gasteiger partial charge in [0.25, 0.3) is 0 Å². The van der Waals surface area contributed by atoms with Crippen LogP contribution in [0.2, 0.25) is 0 Å². The SMILES string of the molecule is CCNC(=NCc1ccc(Br)s1)NCC1(C)CCCO1. The molecule has 1 aliphatic heterocycles. The van der Waals surface area contributed by atoms with Gasteiger partial charge >= 0.3 is 0 Å². The van der Waals surface area contributed by atoms with E-state index in [4.69, 9.17) is 4.74 Å². The predicted octanol–water partition coefficient (Wildman–Crippen LogP) is 3.13. The zero-order valence-electron chi connectivity index (χ0n) is 12.0. The average Bonchev–Trinajstić information content (AvgIpc) is 3.03. The van der Waals surface area contributed by atoms with Crippen molar-refractivity contribution in [2.24, 2.45) is 4.99 Å². The molecule has 112 valence electrons. The van der Waals surface area contributed by atoms with E-state index in [0.717, 1.165) is 42.3 Å². The summed E-state index contributed by atoms with van der Waals surface area (Å²) in [5.74, 6) is 0.855. The van der Waals surface area contributed by atoms with Crippen molar-refractivity contribution in [1.82, 2.24) is 10.6 Å². The molecule has 1 atom stereocenters. The van der Waals surface area contributed by atoms with E-state index in [9.17, 15) is 0 Å². The summed E-state index contributed by atoms with van der Waals surface area (Å²) in [4.78, 5) is 5.87. The van der Waals surface area contributed by atoms with Crippen LogP contribution in [0.5, 0.6) is 0 Å². The van der Waals surface area contributed by atoms with E-state index < -0.39 is 0 Å². The molecular formula is C14H22BrN3OS. The molecule has 4 nitrogen and oxygen atoms in total. The Morgan fingerprint density at radius 2 is 2.35 bits per heavy atom. The van der Waals surface area contributed by atoms with Gasteiger partial charge in [0.1, 0.15) is 0 Å². The van der Waals surface area contributed by atoms with Gasteiger partial charge in [0.15, 0.2) is 5.96 Å². The zero-order valence-corrected chi connectivity index (χ0v) is 14.4. The number of guanidine groups is 1. The molecule has 1 aromatic rings. The highest BCUT2D eigenvalue weighted by Gasteiger charge is 2.29. The van der Waals surface area contributed by atoms with Gasteiger partial charge in [-0.05, 0) is 54.8 Å². The van der Waals surface area contributed by atoms with Crippen LogP contribution in [0, 0.1) is 0 Å². The monoisotopic (exact) mass is 359 g/mol. The van der Waals surface area contributed by atoms with Gasteiger partial charge < -0.3 is 15.4 Å². The molecule has 2 rings (SSSR count). The van der Waals surface area contributed by atoms with E-state index >= 15 is 0 Å². The molecule has 2 heterocycles. The summed E-state index contributed by atoms with van der Waals surface area (Å²) < 4.78 is 6.93. The molecule has 0 bridgehead atoms. The maximum atomic E-state index is 5.79. The van der Waals surface area contributed by atoms with Gasteiger partial charge in [-0.25, -0.2) is 4.99 Å². The number of hydrogen-bond acceptors (Lipinski definition) is 3. The number of nitrogens with one attached hydrogen (secondary N) is 2. The van der Waals surface area contributed by atoms with E-state index in [2.05, 4.69) is 57.5 Å². The Balaban J connectivity index is 1.88. The molecule has 0 spiro atoms. The highest BCUT2D eigenvalue weighted by atomic mass is 79.9. The summed E-state index contributed by atoms with van der Waals surface area (Å²) in [5, 5.41) is 6.66. The number of ether oxygens (including phenoxy) is 1. The Hall–Kier alpha value is -0.590. The van der Waals surface area contributed by atoms with Crippen LogP contribution in [0.1, 0.15) is 31.6 Å². The Kier molecular flexibility index (Phi) is 5.86. The van der Waals surface area contributed by atoms with E-state index in [1.54, 1.807) is 11.3 Å². The number of rotatable bonds is 5. The van der Waals surface area contributed by atoms with E-state index in [1.165, 1.54) is 4.88 Å². The van der Waals surface area contributed by atoms with Gasteiger partial charge in [-0.15, -0.1) is 11.3 Å². The van der Waals surface area contributed by atoms with Crippen molar-refractivity contribution in [3.63, 3.8) is 0 Å². The lowest BCUT2D eigenvalue weighted by Crippen LogP contribution is -2.45. The third kappa shape index (κ3) is 4.75. The van der Waals surface area contributed by atoms with Crippen molar-refractivity contribution in [2.45, 2.75) is 38.8 Å². The minimum Gasteiger partial charge on any atom is -0.373 e. The van der Waals surface area contributed by atoms with Crippen molar-refractivity contribution in [3.05, 3.63) is 20.8 Å². The molecule has 0 saturated carbocycles. The smallest absolute Gasteiger partial charge is 0.191 e. The second-order valence-corrected chi connectivity index (χ2v) is 7.70. The minimum atomic E-state index is -0.0534. The van der Waals surface area contributed by atoms with Crippen molar-refractivity contribution in [2.75, 3.05) is 19.7 Å². The second kappa shape index (κ2) is 7.43. The third-order valence-electron chi connectivity index (χ3n) is 3.30. The Morgan fingerprint density at radius 1 is 1.50 bits per heavy atom. The van der Waals surface area contributed by atoms with Crippen LogP contribution >= 0.6 is 27.3 Å². The van der Waals surface area contributed by atoms with E-state index in [-0.39, 0.29) is 5.60 Å². The second-order valence-electron chi connectivity index (χ2n) is 5.16. The first kappa shape index (κ1) is 15.8. The number of aliphatic imine (C=N–C) groups is 1. The van der Waals surface area contributed by atoms with Crippen LogP contribution in [0.4, 0.5) is 0 Å². The Morgan fingerprint density at radius 3 is 2.95 bits per heavy atom. The van der Waals surface area contributed by atoms with Gasteiger partial charge in [0.05, 0.1) is 15.9 Å². The quantitative estimate of drug-likeness (QED) is 0.627. The van der Waals surface area contributed by atoms with Crippen LogP contribution < -0.4 is 10.6 Å². The largest absolute Gasteiger partial charge is 0.373 e. The Bertz CT molecular complexity index is 455. The predicted molar refractivity (Wildman–Crippen MR) is 88.4 cm³/mol. The summed E-state index contributed by atoms with van der Waals surface area (Å²) in [6.07, 6.45) is 2.26. The lowest BCUT2D eigenvalue weighted by Gasteiger charge is -2.24. The van der Waals surface area contributed by atoms with Crippen LogP contribution in [-0.2, 0) is 11.3 Å². The highest BCUT2D eigenvalue weighted by molar-refractivity contribution is 9.11. The van der Waals surface area contributed by atoms with Crippen LogP contribution in [0.25, 0.3) is 0 Å². The van der Waals surface area contributed by atoms with Gasteiger partial charge in [0.2, 0.25) is 0 Å². The summed E-state index contributed by atoms with van der Waals surface area (Å²) in [6.45, 7) is 7.46. The van der Waals surface area contributed by atoms with E-state index in [0.29, 0.717) is 6.54 Å². The summed E-state index contributed by atoms with van der Waals surface area (Å²) in [6, 6.07) is 4.16. The average molecular weight is 360 g/mol. The molecule has 1 aromatic heterocycles. The zero-order chi connectivity index (χ0) is 14.4. The maximum absolute atomic E-state index is 5.79. The minimum absolute atomic E-state index is 0.0534. The molecular weight excluding hydrogens is 338 g/mol. The summed E-state index contributed by atoms with van der Waals surface area (Å²) in [7, 11) is 0. The maximum Gasteiger partial charge on any atom is 0.191 e. The molecule has 0 aliphatic carbocycles. The first-order chi connectivity index (χ1) is 9.61. The number of halogens is 1.